The minimum atomic E-state index is -3.56. The predicted octanol–water partition coefficient (Wildman–Crippen LogP) is 0.570. The molecular weight excluding hydrogens is 302 g/mol. The average Bonchev–Trinajstić information content (AvgIpc) is 2.93. The summed E-state index contributed by atoms with van der Waals surface area (Å²) in [6.45, 7) is 4.02. The number of benzene rings is 1. The fourth-order valence-electron chi connectivity index (χ4n) is 3.17. The zero-order valence-electron chi connectivity index (χ0n) is 12.7. The Bertz CT molecular complexity index is 726. The van der Waals surface area contributed by atoms with Crippen LogP contribution < -0.4 is 0 Å². The zero-order valence-corrected chi connectivity index (χ0v) is 13.5. The number of morpholine rings is 1. The minimum absolute atomic E-state index is 0.0628. The van der Waals surface area contributed by atoms with E-state index in [1.54, 1.807) is 19.1 Å². The maximum Gasteiger partial charge on any atom is 0.243 e. The number of nitrogens with zero attached hydrogens (tertiary/aromatic N) is 3. The number of sulfonamides is 1. The van der Waals surface area contributed by atoms with Crippen LogP contribution >= 0.6 is 0 Å². The van der Waals surface area contributed by atoms with Gasteiger partial charge in [-0.1, -0.05) is 0 Å². The van der Waals surface area contributed by atoms with Gasteiger partial charge in [0.1, 0.15) is 0 Å². The van der Waals surface area contributed by atoms with E-state index in [0.717, 1.165) is 6.54 Å². The highest BCUT2D eigenvalue weighted by atomic mass is 32.2. The smallest absolute Gasteiger partial charge is 0.243 e. The van der Waals surface area contributed by atoms with E-state index >= 15 is 0 Å². The lowest BCUT2D eigenvalue weighted by Crippen LogP contribution is -2.48. The van der Waals surface area contributed by atoms with E-state index in [0.29, 0.717) is 30.8 Å². The second kappa shape index (κ2) is 5.63. The van der Waals surface area contributed by atoms with Crippen LogP contribution in [0.4, 0.5) is 0 Å². The van der Waals surface area contributed by atoms with E-state index in [-0.39, 0.29) is 17.0 Å². The third-order valence-corrected chi connectivity index (χ3v) is 6.46. The molecule has 2 aliphatic rings. The van der Waals surface area contributed by atoms with Crippen LogP contribution in [0.15, 0.2) is 23.1 Å². The molecule has 22 heavy (non-hydrogen) atoms. The summed E-state index contributed by atoms with van der Waals surface area (Å²) in [4.78, 5) is 2.43. The van der Waals surface area contributed by atoms with Gasteiger partial charge in [0.05, 0.1) is 35.3 Å². The molecule has 2 aliphatic heterocycles. The first-order valence-corrected chi connectivity index (χ1v) is 8.70. The van der Waals surface area contributed by atoms with Crippen LogP contribution in [0.1, 0.15) is 11.1 Å². The van der Waals surface area contributed by atoms with Gasteiger partial charge >= 0.3 is 0 Å². The monoisotopic (exact) mass is 321 g/mol. The summed E-state index contributed by atoms with van der Waals surface area (Å²) in [5.74, 6) is 0. The minimum Gasteiger partial charge on any atom is -0.374 e. The molecule has 2 fully saturated rings. The second-order valence-electron chi connectivity index (χ2n) is 5.87. The topological polar surface area (TPSA) is 73.6 Å². The summed E-state index contributed by atoms with van der Waals surface area (Å²) in [6.07, 6.45) is -0.0628. The van der Waals surface area contributed by atoms with Crippen LogP contribution in [-0.4, -0.2) is 63.1 Å². The van der Waals surface area contributed by atoms with E-state index < -0.39 is 10.0 Å². The van der Waals surface area contributed by atoms with E-state index in [1.165, 1.54) is 10.4 Å². The highest BCUT2D eigenvalue weighted by Gasteiger charge is 2.43. The molecule has 3 rings (SSSR count). The number of likely N-dealkylation sites (N-methyl/N-ethyl adjacent to an activating group) is 1. The fourth-order valence-corrected chi connectivity index (χ4v) is 4.84. The van der Waals surface area contributed by atoms with Gasteiger partial charge in [-0.3, -0.25) is 4.90 Å². The normalized spacial score (nSPS) is 26.6. The standard InChI is InChI=1S/C15H19N3O3S/c1-11-7-12(8-16)3-4-15(11)22(19,20)18-9-13-14(10-18)21-6-5-17(13)2/h3-4,7,13-14H,5-6,9-10H2,1-2H3/t13-,14+/m0/s1. The molecule has 0 saturated carbocycles. The van der Waals surface area contributed by atoms with E-state index in [2.05, 4.69) is 4.90 Å². The SMILES string of the molecule is Cc1cc(C#N)ccc1S(=O)(=O)N1C[C@H]2OCCN(C)[C@H]2C1. The lowest BCUT2D eigenvalue weighted by atomic mass is 10.1. The number of fused-ring (bicyclic) bond motifs is 1. The Balaban J connectivity index is 1.90. The van der Waals surface area contributed by atoms with Crippen LogP contribution in [0.25, 0.3) is 0 Å². The molecule has 7 heteroatoms. The van der Waals surface area contributed by atoms with E-state index in [9.17, 15) is 8.42 Å². The summed E-state index contributed by atoms with van der Waals surface area (Å²) in [6, 6.07) is 6.82. The first-order chi connectivity index (χ1) is 10.4. The average molecular weight is 321 g/mol. The Morgan fingerprint density at radius 2 is 2.14 bits per heavy atom. The molecule has 2 heterocycles. The quantitative estimate of drug-likeness (QED) is 0.796. The van der Waals surface area contributed by atoms with Crippen LogP contribution in [0.2, 0.25) is 0 Å². The van der Waals surface area contributed by atoms with Crippen molar-refractivity contribution < 1.29 is 13.2 Å². The summed E-state index contributed by atoms with van der Waals surface area (Å²) in [5, 5.41) is 8.90. The lowest BCUT2D eigenvalue weighted by molar-refractivity contribution is -0.0366. The summed E-state index contributed by atoms with van der Waals surface area (Å²) in [5.41, 5.74) is 1.07. The Kier molecular flexibility index (Phi) is 3.95. The third-order valence-electron chi connectivity index (χ3n) is 4.47. The van der Waals surface area contributed by atoms with Crippen molar-refractivity contribution in [2.75, 3.05) is 33.3 Å². The van der Waals surface area contributed by atoms with Crippen molar-refractivity contribution in [1.82, 2.24) is 9.21 Å². The molecule has 0 radical (unpaired) electrons. The van der Waals surface area contributed by atoms with Crippen molar-refractivity contribution in [1.29, 1.82) is 5.26 Å². The highest BCUT2D eigenvalue weighted by molar-refractivity contribution is 7.89. The Hall–Kier alpha value is -1.46. The molecule has 2 saturated heterocycles. The number of hydrogen-bond donors (Lipinski definition) is 0. The third kappa shape index (κ3) is 2.52. The first kappa shape index (κ1) is 15.4. The number of ether oxygens (including phenoxy) is 1. The Morgan fingerprint density at radius 1 is 1.36 bits per heavy atom. The van der Waals surface area contributed by atoms with Gasteiger partial charge in [0.25, 0.3) is 0 Å². The largest absolute Gasteiger partial charge is 0.374 e. The predicted molar refractivity (Wildman–Crippen MR) is 80.8 cm³/mol. The Morgan fingerprint density at radius 3 is 2.77 bits per heavy atom. The van der Waals surface area contributed by atoms with Gasteiger partial charge in [-0.25, -0.2) is 8.42 Å². The molecular formula is C15H19N3O3S. The number of aryl methyl sites for hydroxylation is 1. The van der Waals surface area contributed by atoms with Crippen molar-refractivity contribution in [2.45, 2.75) is 24.0 Å². The summed E-state index contributed by atoms with van der Waals surface area (Å²) < 4.78 is 33.0. The number of nitriles is 1. The molecule has 0 aromatic heterocycles. The molecule has 1 aromatic carbocycles. The molecule has 0 aliphatic carbocycles. The van der Waals surface area contributed by atoms with E-state index in [4.69, 9.17) is 10.00 Å². The van der Waals surface area contributed by atoms with Crippen LogP contribution in [0, 0.1) is 18.3 Å². The molecule has 118 valence electrons. The van der Waals surface area contributed by atoms with Crippen LogP contribution in [0.3, 0.4) is 0 Å². The van der Waals surface area contributed by atoms with Crippen molar-refractivity contribution in [3.8, 4) is 6.07 Å². The van der Waals surface area contributed by atoms with Gasteiger partial charge < -0.3 is 4.74 Å². The van der Waals surface area contributed by atoms with Gasteiger partial charge in [0, 0.05) is 19.6 Å². The lowest BCUT2D eigenvalue weighted by Gasteiger charge is -2.33. The van der Waals surface area contributed by atoms with Gasteiger partial charge in [-0.2, -0.15) is 9.57 Å². The number of rotatable bonds is 2. The summed E-state index contributed by atoms with van der Waals surface area (Å²) in [7, 11) is -1.56. The van der Waals surface area contributed by atoms with Crippen LogP contribution in [0.5, 0.6) is 0 Å². The number of hydrogen-bond acceptors (Lipinski definition) is 5. The molecule has 2 atom stereocenters. The van der Waals surface area contributed by atoms with Crippen molar-refractivity contribution in [2.24, 2.45) is 0 Å². The van der Waals surface area contributed by atoms with Gasteiger partial charge in [0.15, 0.2) is 0 Å². The highest BCUT2D eigenvalue weighted by Crippen LogP contribution is 2.28. The molecule has 6 nitrogen and oxygen atoms in total. The van der Waals surface area contributed by atoms with E-state index in [1.807, 2.05) is 13.1 Å². The Labute approximate surface area is 130 Å². The van der Waals surface area contributed by atoms with Crippen LogP contribution in [-0.2, 0) is 14.8 Å². The van der Waals surface area contributed by atoms with Crippen molar-refractivity contribution in [3.05, 3.63) is 29.3 Å². The first-order valence-electron chi connectivity index (χ1n) is 7.26. The maximum absolute atomic E-state index is 12.9. The van der Waals surface area contributed by atoms with Crippen molar-refractivity contribution >= 4 is 10.0 Å². The van der Waals surface area contributed by atoms with Gasteiger partial charge in [0.2, 0.25) is 10.0 Å². The molecule has 0 amide bonds. The zero-order chi connectivity index (χ0) is 15.9. The summed E-state index contributed by atoms with van der Waals surface area (Å²) >= 11 is 0. The fraction of sp³-hybridized carbons (Fsp3) is 0.533. The molecule has 1 aromatic rings. The molecule has 0 unspecified atom stereocenters. The maximum atomic E-state index is 12.9. The molecule has 0 bridgehead atoms. The second-order valence-corrected chi connectivity index (χ2v) is 7.78. The van der Waals surface area contributed by atoms with Gasteiger partial charge in [-0.15, -0.1) is 0 Å². The van der Waals surface area contributed by atoms with Crippen molar-refractivity contribution in [3.63, 3.8) is 0 Å². The molecule has 0 N–H and O–H groups in total. The molecule has 0 spiro atoms. The van der Waals surface area contributed by atoms with Gasteiger partial charge in [-0.05, 0) is 37.7 Å².